The Labute approximate surface area is 140 Å². The molecular formula is C14H25N3O7. The zero-order valence-corrected chi connectivity index (χ0v) is 13.8. The summed E-state index contributed by atoms with van der Waals surface area (Å²) in [6.07, 6.45) is 0.770. The van der Waals surface area contributed by atoms with Crippen molar-refractivity contribution >= 4 is 24.2 Å². The maximum Gasteiger partial charge on any atom is 0.317 e. The van der Waals surface area contributed by atoms with Crippen LogP contribution in [-0.2, 0) is 19.2 Å². The number of carbonyl (C=O) groups is 4. The first kappa shape index (κ1) is 22.0. The van der Waals surface area contributed by atoms with Crippen LogP contribution < -0.4 is 0 Å². The van der Waals surface area contributed by atoms with Crippen LogP contribution in [0.15, 0.2) is 0 Å². The molecule has 0 saturated heterocycles. The summed E-state index contributed by atoms with van der Waals surface area (Å²) in [7, 11) is 0. The minimum atomic E-state index is -1.15. The smallest absolute Gasteiger partial charge is 0.317 e. The van der Waals surface area contributed by atoms with Crippen molar-refractivity contribution in [2.45, 2.75) is 6.92 Å². The molecule has 0 bridgehead atoms. The highest BCUT2D eigenvalue weighted by Crippen LogP contribution is 1.96. The normalized spacial score (nSPS) is 11.2. The average molecular weight is 347 g/mol. The Morgan fingerprint density at radius 3 is 1.50 bits per heavy atom. The molecule has 0 aliphatic heterocycles. The first-order chi connectivity index (χ1) is 11.3. The van der Waals surface area contributed by atoms with Gasteiger partial charge < -0.3 is 20.1 Å². The van der Waals surface area contributed by atoms with Gasteiger partial charge in [0.2, 0.25) is 0 Å². The summed E-state index contributed by atoms with van der Waals surface area (Å²) in [4.78, 5) is 47.7. The van der Waals surface area contributed by atoms with Crippen LogP contribution in [0.2, 0.25) is 0 Å². The molecule has 10 heteroatoms. The number of nitrogens with zero attached hydrogens (tertiary/aromatic N) is 3. The van der Waals surface area contributed by atoms with Gasteiger partial charge in [0.1, 0.15) is 6.29 Å². The van der Waals surface area contributed by atoms with Crippen LogP contribution in [-0.4, -0.2) is 113 Å². The third-order valence-corrected chi connectivity index (χ3v) is 3.32. The van der Waals surface area contributed by atoms with Crippen molar-refractivity contribution in [3.63, 3.8) is 0 Å². The summed E-state index contributed by atoms with van der Waals surface area (Å²) in [6.45, 7) is 2.86. The minimum absolute atomic E-state index is 0.117. The molecule has 0 aromatic heterocycles. The highest BCUT2D eigenvalue weighted by molar-refractivity contribution is 5.72. The molecule has 0 unspecified atom stereocenters. The number of rotatable bonds is 15. The molecule has 10 nitrogen and oxygen atoms in total. The third-order valence-electron chi connectivity index (χ3n) is 3.32. The van der Waals surface area contributed by atoms with Gasteiger partial charge in [-0.3, -0.25) is 29.1 Å². The number of carboxylic acid groups (broad SMARTS) is 3. The van der Waals surface area contributed by atoms with Gasteiger partial charge in [-0.1, -0.05) is 6.92 Å². The van der Waals surface area contributed by atoms with Crippen molar-refractivity contribution in [3.8, 4) is 0 Å². The highest BCUT2D eigenvalue weighted by Gasteiger charge is 2.17. The van der Waals surface area contributed by atoms with E-state index in [1.165, 1.54) is 4.90 Å². The number of hydrogen-bond donors (Lipinski definition) is 3. The van der Waals surface area contributed by atoms with E-state index in [0.29, 0.717) is 19.6 Å². The van der Waals surface area contributed by atoms with Gasteiger partial charge in [0, 0.05) is 26.2 Å². The summed E-state index contributed by atoms with van der Waals surface area (Å²) in [5.74, 6) is -3.33. The van der Waals surface area contributed by atoms with Gasteiger partial charge in [0.25, 0.3) is 0 Å². The highest BCUT2D eigenvalue weighted by atomic mass is 16.4. The number of hydrogen-bond acceptors (Lipinski definition) is 7. The predicted octanol–water partition coefficient (Wildman–Crippen LogP) is -1.63. The van der Waals surface area contributed by atoms with E-state index >= 15 is 0 Å². The molecule has 0 amide bonds. The number of carboxylic acids is 3. The Bertz CT molecular complexity index is 415. The molecule has 0 aromatic carbocycles. The van der Waals surface area contributed by atoms with Crippen LogP contribution in [0.3, 0.4) is 0 Å². The van der Waals surface area contributed by atoms with E-state index in [1.54, 1.807) is 4.90 Å². The topological polar surface area (TPSA) is 139 Å². The lowest BCUT2D eigenvalue weighted by molar-refractivity contribution is -0.143. The van der Waals surface area contributed by atoms with Crippen LogP contribution in [0, 0.1) is 0 Å². The second-order valence-electron chi connectivity index (χ2n) is 5.23. The second kappa shape index (κ2) is 12.4. The number of carbonyl (C=O) groups excluding carboxylic acids is 1. The maximum atomic E-state index is 10.9. The molecule has 0 atom stereocenters. The van der Waals surface area contributed by atoms with Gasteiger partial charge >= 0.3 is 17.9 Å². The molecule has 0 fully saturated rings. The monoisotopic (exact) mass is 347 g/mol. The van der Waals surface area contributed by atoms with Gasteiger partial charge in [-0.2, -0.15) is 0 Å². The maximum absolute atomic E-state index is 10.9. The SMILES string of the molecule is CCN(CC=O)CCN(CCN(CC(=O)O)CC(=O)O)CC(=O)O. The Hall–Kier alpha value is -2.04. The molecular weight excluding hydrogens is 322 g/mol. The van der Waals surface area contributed by atoms with Gasteiger partial charge in [0.15, 0.2) is 0 Å². The Morgan fingerprint density at radius 1 is 0.750 bits per heavy atom. The lowest BCUT2D eigenvalue weighted by atomic mass is 10.3. The summed E-state index contributed by atoms with van der Waals surface area (Å²) in [6, 6.07) is 0. The standard InChI is InChI=1S/C14H25N3O7/c1-2-15(7-8-18)3-4-16(9-12(19)20)5-6-17(10-13(21)22)11-14(23)24/h8H,2-7,9-11H2,1H3,(H,19,20)(H,21,22)(H,23,24). The summed E-state index contributed by atoms with van der Waals surface area (Å²) in [5, 5.41) is 26.5. The molecule has 0 aromatic rings. The number of aldehydes is 1. The number of likely N-dealkylation sites (N-methyl/N-ethyl adjacent to an activating group) is 1. The molecule has 0 aliphatic rings. The largest absolute Gasteiger partial charge is 0.480 e. The molecule has 0 radical (unpaired) electrons. The third kappa shape index (κ3) is 11.5. The van der Waals surface area contributed by atoms with Crippen LogP contribution in [0.1, 0.15) is 6.92 Å². The molecule has 0 spiro atoms. The van der Waals surface area contributed by atoms with E-state index < -0.39 is 31.0 Å². The lowest BCUT2D eigenvalue weighted by Gasteiger charge is -2.27. The van der Waals surface area contributed by atoms with Crippen molar-refractivity contribution < 1.29 is 34.5 Å². The predicted molar refractivity (Wildman–Crippen MR) is 84.0 cm³/mol. The zero-order valence-electron chi connectivity index (χ0n) is 13.8. The van der Waals surface area contributed by atoms with E-state index in [4.69, 9.17) is 15.3 Å². The molecule has 0 saturated carbocycles. The van der Waals surface area contributed by atoms with E-state index in [2.05, 4.69) is 0 Å². The number of aliphatic carboxylic acids is 3. The van der Waals surface area contributed by atoms with E-state index in [9.17, 15) is 19.2 Å². The van der Waals surface area contributed by atoms with E-state index in [1.807, 2.05) is 11.8 Å². The van der Waals surface area contributed by atoms with Crippen molar-refractivity contribution in [3.05, 3.63) is 0 Å². The lowest BCUT2D eigenvalue weighted by Crippen LogP contribution is -2.44. The molecule has 3 N–H and O–H groups in total. The van der Waals surface area contributed by atoms with Crippen molar-refractivity contribution in [1.82, 2.24) is 14.7 Å². The van der Waals surface area contributed by atoms with Crippen LogP contribution in [0.5, 0.6) is 0 Å². The summed E-state index contributed by atoms with van der Waals surface area (Å²) >= 11 is 0. The summed E-state index contributed by atoms with van der Waals surface area (Å²) in [5.41, 5.74) is 0. The van der Waals surface area contributed by atoms with Gasteiger partial charge in [-0.15, -0.1) is 0 Å². The fraction of sp³-hybridized carbons (Fsp3) is 0.714. The zero-order chi connectivity index (χ0) is 18.5. The van der Waals surface area contributed by atoms with Crippen molar-refractivity contribution in [1.29, 1.82) is 0 Å². The Kier molecular flexibility index (Phi) is 11.3. The quantitative estimate of drug-likeness (QED) is 0.296. The molecule has 0 aliphatic carbocycles. The molecule has 0 rings (SSSR count). The van der Waals surface area contributed by atoms with Crippen LogP contribution >= 0.6 is 0 Å². The van der Waals surface area contributed by atoms with E-state index in [-0.39, 0.29) is 26.2 Å². The van der Waals surface area contributed by atoms with Crippen LogP contribution in [0.4, 0.5) is 0 Å². The first-order valence-corrected chi connectivity index (χ1v) is 7.54. The second-order valence-corrected chi connectivity index (χ2v) is 5.23. The Morgan fingerprint density at radius 2 is 1.12 bits per heavy atom. The molecule has 138 valence electrons. The van der Waals surface area contributed by atoms with Gasteiger partial charge in [-0.05, 0) is 6.54 Å². The van der Waals surface area contributed by atoms with Crippen molar-refractivity contribution in [2.24, 2.45) is 0 Å². The fourth-order valence-corrected chi connectivity index (χ4v) is 2.11. The van der Waals surface area contributed by atoms with Gasteiger partial charge in [-0.25, -0.2) is 0 Å². The van der Waals surface area contributed by atoms with E-state index in [0.717, 1.165) is 6.29 Å². The minimum Gasteiger partial charge on any atom is -0.480 e. The van der Waals surface area contributed by atoms with Crippen LogP contribution in [0.25, 0.3) is 0 Å². The first-order valence-electron chi connectivity index (χ1n) is 7.54. The molecule has 0 heterocycles. The fourth-order valence-electron chi connectivity index (χ4n) is 2.11. The van der Waals surface area contributed by atoms with Crippen molar-refractivity contribution in [2.75, 3.05) is 58.9 Å². The Balaban J connectivity index is 4.61. The van der Waals surface area contributed by atoms with Gasteiger partial charge in [0.05, 0.1) is 26.2 Å². The molecule has 24 heavy (non-hydrogen) atoms. The summed E-state index contributed by atoms with van der Waals surface area (Å²) < 4.78 is 0. The average Bonchev–Trinajstić information content (AvgIpc) is 2.46.